The molecule has 80 valence electrons. The molecule has 0 amide bonds. The first-order chi connectivity index (χ1) is 6.41. The maximum Gasteiger partial charge on any atom is 0.146 e. The Morgan fingerprint density at radius 1 is 0.846 bits per heavy atom. The molecule has 0 rings (SSSR count). The Morgan fingerprint density at radius 3 is 1.69 bits per heavy atom. The van der Waals surface area contributed by atoms with Crippen molar-refractivity contribution in [3.05, 3.63) is 0 Å². The highest BCUT2D eigenvalue weighted by molar-refractivity contribution is 7.99. The van der Waals surface area contributed by atoms with Crippen LogP contribution in [-0.2, 0) is 18.9 Å². The van der Waals surface area contributed by atoms with Crippen LogP contribution in [0.15, 0.2) is 0 Å². The van der Waals surface area contributed by atoms with E-state index in [2.05, 4.69) is 0 Å². The first-order valence-electron chi connectivity index (χ1n) is 4.13. The number of thioether (sulfide) groups is 1. The van der Waals surface area contributed by atoms with Crippen molar-refractivity contribution in [3.63, 3.8) is 0 Å². The quantitative estimate of drug-likeness (QED) is 0.396. The molecule has 0 bridgehead atoms. The molecule has 0 aromatic carbocycles. The Hall–Kier alpha value is 0.190. The minimum absolute atomic E-state index is 0.376. The Labute approximate surface area is 83.9 Å². The summed E-state index contributed by atoms with van der Waals surface area (Å²) in [6.07, 6.45) is 0. The summed E-state index contributed by atoms with van der Waals surface area (Å²) in [5.41, 5.74) is 0. The van der Waals surface area contributed by atoms with Gasteiger partial charge in [-0.2, -0.15) is 11.8 Å². The van der Waals surface area contributed by atoms with Crippen molar-refractivity contribution in [2.45, 2.75) is 0 Å². The van der Waals surface area contributed by atoms with Crippen LogP contribution < -0.4 is 0 Å². The molecule has 0 heterocycles. The summed E-state index contributed by atoms with van der Waals surface area (Å²) in [5.74, 6) is 1.94. The molecule has 0 unspecified atom stereocenters. The summed E-state index contributed by atoms with van der Waals surface area (Å²) in [6, 6.07) is 0. The minimum atomic E-state index is 0.376. The lowest BCUT2D eigenvalue weighted by Gasteiger charge is -2.03. The van der Waals surface area contributed by atoms with Gasteiger partial charge in [0.1, 0.15) is 13.6 Å². The maximum atomic E-state index is 5.10. The highest BCUT2D eigenvalue weighted by Gasteiger charge is 1.90. The van der Waals surface area contributed by atoms with E-state index in [1.165, 1.54) is 0 Å². The molecule has 0 aromatic rings. The number of ether oxygens (including phenoxy) is 4. The average Bonchev–Trinajstić information content (AvgIpc) is 2.16. The van der Waals surface area contributed by atoms with Crippen molar-refractivity contribution >= 4 is 11.8 Å². The summed E-state index contributed by atoms with van der Waals surface area (Å²) in [6.45, 7) is 2.20. The molecule has 0 aliphatic carbocycles. The van der Waals surface area contributed by atoms with Crippen LogP contribution in [0.25, 0.3) is 0 Å². The number of hydrogen-bond donors (Lipinski definition) is 0. The zero-order chi connectivity index (χ0) is 9.78. The van der Waals surface area contributed by atoms with E-state index in [4.69, 9.17) is 18.9 Å². The number of methoxy groups -OCH3 is 2. The first kappa shape index (κ1) is 13.2. The lowest BCUT2D eigenvalue weighted by Crippen LogP contribution is -2.04. The van der Waals surface area contributed by atoms with Crippen LogP contribution in [0.1, 0.15) is 0 Å². The molecular formula is C8H18O4S. The maximum absolute atomic E-state index is 5.10. The van der Waals surface area contributed by atoms with E-state index in [-0.39, 0.29) is 0 Å². The number of hydrogen-bond acceptors (Lipinski definition) is 5. The highest BCUT2D eigenvalue weighted by Crippen LogP contribution is 1.98. The number of rotatable bonds is 10. The fraction of sp³-hybridized carbons (Fsp3) is 1.00. The van der Waals surface area contributed by atoms with Gasteiger partial charge in [0.05, 0.1) is 13.2 Å². The van der Waals surface area contributed by atoms with Crippen molar-refractivity contribution in [1.82, 2.24) is 0 Å². The van der Waals surface area contributed by atoms with Crippen LogP contribution in [0.5, 0.6) is 0 Å². The van der Waals surface area contributed by atoms with E-state index in [1.54, 1.807) is 26.0 Å². The molecule has 0 aromatic heterocycles. The summed E-state index contributed by atoms with van der Waals surface area (Å²) >= 11 is 1.79. The molecule has 0 aliphatic rings. The van der Waals surface area contributed by atoms with Crippen molar-refractivity contribution in [2.75, 3.05) is 52.5 Å². The summed E-state index contributed by atoms with van der Waals surface area (Å²) in [5, 5.41) is 0. The second kappa shape index (κ2) is 12.2. The van der Waals surface area contributed by atoms with Gasteiger partial charge in [-0.3, -0.25) is 0 Å². The fourth-order valence-electron chi connectivity index (χ4n) is 0.622. The predicted octanol–water partition coefficient (Wildman–Crippen LogP) is 0.961. The van der Waals surface area contributed by atoms with Gasteiger partial charge in [-0.05, 0) is 0 Å². The molecule has 0 N–H and O–H groups in total. The van der Waals surface area contributed by atoms with Gasteiger partial charge >= 0.3 is 0 Å². The van der Waals surface area contributed by atoms with E-state index in [1.807, 2.05) is 0 Å². The zero-order valence-corrected chi connectivity index (χ0v) is 9.10. The minimum Gasteiger partial charge on any atom is -0.359 e. The largest absolute Gasteiger partial charge is 0.359 e. The molecule has 0 fully saturated rings. The Balaban J connectivity index is 2.76. The molecule has 5 heteroatoms. The standard InChI is InChI=1S/C8H18O4S/c1-9-7-11-3-5-13-6-4-12-8-10-2/h3-8H2,1-2H3. The highest BCUT2D eigenvalue weighted by atomic mass is 32.2. The van der Waals surface area contributed by atoms with E-state index >= 15 is 0 Å². The third kappa shape index (κ3) is 12.2. The van der Waals surface area contributed by atoms with Gasteiger partial charge in [0, 0.05) is 25.7 Å². The van der Waals surface area contributed by atoms with Crippen molar-refractivity contribution in [2.24, 2.45) is 0 Å². The third-order valence-corrected chi connectivity index (χ3v) is 2.06. The van der Waals surface area contributed by atoms with Gasteiger partial charge in [-0.15, -0.1) is 0 Å². The van der Waals surface area contributed by atoms with Gasteiger partial charge in [0.2, 0.25) is 0 Å². The van der Waals surface area contributed by atoms with E-state index < -0.39 is 0 Å². The van der Waals surface area contributed by atoms with Gasteiger partial charge in [0.25, 0.3) is 0 Å². The van der Waals surface area contributed by atoms with Gasteiger partial charge in [0.15, 0.2) is 0 Å². The molecule has 0 saturated carbocycles. The van der Waals surface area contributed by atoms with E-state index in [9.17, 15) is 0 Å². The van der Waals surface area contributed by atoms with E-state index in [0.717, 1.165) is 24.7 Å². The smallest absolute Gasteiger partial charge is 0.146 e. The van der Waals surface area contributed by atoms with Crippen molar-refractivity contribution in [3.8, 4) is 0 Å². The van der Waals surface area contributed by atoms with E-state index in [0.29, 0.717) is 13.6 Å². The summed E-state index contributed by atoms with van der Waals surface area (Å²) < 4.78 is 19.7. The molecule has 4 nitrogen and oxygen atoms in total. The molecule has 13 heavy (non-hydrogen) atoms. The van der Waals surface area contributed by atoms with Crippen LogP contribution >= 0.6 is 11.8 Å². The van der Waals surface area contributed by atoms with Crippen LogP contribution in [0.4, 0.5) is 0 Å². The molecule has 0 atom stereocenters. The molecular weight excluding hydrogens is 192 g/mol. The molecule has 0 radical (unpaired) electrons. The van der Waals surface area contributed by atoms with Crippen LogP contribution in [0.3, 0.4) is 0 Å². The van der Waals surface area contributed by atoms with Crippen LogP contribution in [0.2, 0.25) is 0 Å². The predicted molar refractivity (Wildman–Crippen MR) is 53.0 cm³/mol. The zero-order valence-electron chi connectivity index (χ0n) is 8.28. The summed E-state index contributed by atoms with van der Waals surface area (Å²) in [7, 11) is 3.23. The molecule has 0 saturated heterocycles. The molecule has 0 spiro atoms. The monoisotopic (exact) mass is 210 g/mol. The van der Waals surface area contributed by atoms with Gasteiger partial charge < -0.3 is 18.9 Å². The van der Waals surface area contributed by atoms with Gasteiger partial charge in [-0.1, -0.05) is 0 Å². The summed E-state index contributed by atoms with van der Waals surface area (Å²) in [4.78, 5) is 0. The first-order valence-corrected chi connectivity index (χ1v) is 5.28. The second-order valence-corrected chi connectivity index (χ2v) is 3.47. The molecule has 0 aliphatic heterocycles. The third-order valence-electron chi connectivity index (χ3n) is 1.15. The van der Waals surface area contributed by atoms with Crippen LogP contribution in [-0.4, -0.2) is 52.5 Å². The van der Waals surface area contributed by atoms with Gasteiger partial charge in [-0.25, -0.2) is 0 Å². The normalized spacial score (nSPS) is 10.6. The average molecular weight is 210 g/mol. The van der Waals surface area contributed by atoms with Crippen LogP contribution in [0, 0.1) is 0 Å². The fourth-order valence-corrected chi connectivity index (χ4v) is 1.30. The Bertz CT molecular complexity index is 82.2. The SMILES string of the molecule is COCOCCSCCOCOC. The van der Waals surface area contributed by atoms with Crippen molar-refractivity contribution in [1.29, 1.82) is 0 Å². The second-order valence-electron chi connectivity index (χ2n) is 2.24. The topological polar surface area (TPSA) is 36.9 Å². The lowest BCUT2D eigenvalue weighted by atomic mass is 10.8. The van der Waals surface area contributed by atoms with Crippen molar-refractivity contribution < 1.29 is 18.9 Å². The Morgan fingerprint density at radius 2 is 1.31 bits per heavy atom. The Kier molecular flexibility index (Phi) is 12.4. The lowest BCUT2D eigenvalue weighted by molar-refractivity contribution is -0.0250.